The third-order valence-corrected chi connectivity index (χ3v) is 1.28. The van der Waals surface area contributed by atoms with E-state index >= 15 is 0 Å². The fourth-order valence-electron chi connectivity index (χ4n) is 0.400. The number of allylic oxidation sites excluding steroid dienone is 1. The van der Waals surface area contributed by atoms with Crippen LogP contribution in [0, 0.1) is 0 Å². The Morgan fingerprint density at radius 2 is 1.33 bits per heavy atom. The summed E-state index contributed by atoms with van der Waals surface area (Å²) in [5.41, 5.74) is 0. The summed E-state index contributed by atoms with van der Waals surface area (Å²) in [6.45, 7) is 5.77. The van der Waals surface area contributed by atoms with Crippen molar-refractivity contribution in [2.45, 2.75) is 5.09 Å². The average molecular weight is 164 g/mol. The molecule has 0 amide bonds. The van der Waals surface area contributed by atoms with E-state index < -0.39 is 0 Å². The van der Waals surface area contributed by atoms with Crippen LogP contribution in [0.25, 0.3) is 0 Å². The van der Waals surface area contributed by atoms with E-state index in [-0.39, 0.29) is 0 Å². The Balaban J connectivity index is 0. The van der Waals surface area contributed by atoms with Gasteiger partial charge in [0, 0.05) is 13.1 Å². The number of likely N-dealkylation sites (N-methyl/N-ethyl adjacent to an activating group) is 2. The number of hydrogen-bond acceptors (Lipinski definition) is 2. The van der Waals surface area contributed by atoms with Crippen molar-refractivity contribution in [2.24, 2.45) is 0 Å². The summed E-state index contributed by atoms with van der Waals surface area (Å²) < 4.78 is 0. The number of nitrogens with zero attached hydrogens (tertiary/aromatic N) is 2. The molecular formula is C9H21LiN2. The Bertz CT molecular complexity index is 84.5. The molecule has 0 aliphatic carbocycles. The van der Waals surface area contributed by atoms with Gasteiger partial charge in [-0.3, -0.25) is 0 Å². The third kappa shape index (κ3) is 22.5. The Kier molecular flexibility index (Phi) is 13.9. The molecule has 0 aromatic rings. The monoisotopic (exact) mass is 164 g/mol. The van der Waals surface area contributed by atoms with Gasteiger partial charge in [-0.2, -0.15) is 0 Å². The van der Waals surface area contributed by atoms with Gasteiger partial charge < -0.3 is 9.80 Å². The van der Waals surface area contributed by atoms with Crippen LogP contribution in [0.2, 0.25) is 5.09 Å². The fraction of sp³-hybridized carbons (Fsp3) is 0.778. The normalized spacial score (nSPS) is 9.67. The Morgan fingerprint density at radius 3 is 1.42 bits per heavy atom. The van der Waals surface area contributed by atoms with Crippen molar-refractivity contribution in [3.63, 3.8) is 0 Å². The van der Waals surface area contributed by atoms with Crippen LogP contribution in [0.15, 0.2) is 12.7 Å². The van der Waals surface area contributed by atoms with Crippen LogP contribution >= 0.6 is 0 Å². The van der Waals surface area contributed by atoms with Gasteiger partial charge in [0.05, 0.1) is 0 Å². The topological polar surface area (TPSA) is 6.48 Å². The predicted molar refractivity (Wildman–Crippen MR) is 57.9 cm³/mol. The molecular weight excluding hydrogens is 143 g/mol. The minimum atomic E-state index is 1.08. The van der Waals surface area contributed by atoms with Gasteiger partial charge in [-0.1, -0.05) is 0 Å². The zero-order valence-electron chi connectivity index (χ0n) is 9.30. The maximum atomic E-state index is 3.48. The van der Waals surface area contributed by atoms with Gasteiger partial charge in [-0.15, -0.1) is 0 Å². The molecule has 0 N–H and O–H groups in total. The quantitative estimate of drug-likeness (QED) is 0.449. The van der Waals surface area contributed by atoms with E-state index in [4.69, 9.17) is 0 Å². The van der Waals surface area contributed by atoms with Crippen LogP contribution in [0.4, 0.5) is 0 Å². The molecule has 0 heterocycles. The molecule has 12 heavy (non-hydrogen) atoms. The van der Waals surface area contributed by atoms with Crippen molar-refractivity contribution in [3.8, 4) is 0 Å². The molecule has 0 aliphatic heterocycles. The Labute approximate surface area is 86.8 Å². The Morgan fingerprint density at radius 1 is 1.08 bits per heavy atom. The van der Waals surface area contributed by atoms with Gasteiger partial charge in [0.2, 0.25) is 0 Å². The Hall–Kier alpha value is 0.257. The summed E-state index contributed by atoms with van der Waals surface area (Å²) in [6, 6.07) is 0. The molecule has 0 radical (unpaired) electrons. The molecule has 0 aromatic carbocycles. The van der Waals surface area contributed by atoms with Crippen molar-refractivity contribution >= 4 is 17.7 Å². The van der Waals surface area contributed by atoms with Crippen LogP contribution in [0.5, 0.6) is 0 Å². The molecule has 0 bridgehead atoms. The molecule has 0 saturated carbocycles. The van der Waals surface area contributed by atoms with Crippen LogP contribution < -0.4 is 0 Å². The van der Waals surface area contributed by atoms with Crippen molar-refractivity contribution in [3.05, 3.63) is 12.7 Å². The van der Waals surface area contributed by atoms with Crippen molar-refractivity contribution in [1.29, 1.82) is 0 Å². The minimum absolute atomic E-state index is 1.08. The molecule has 0 rings (SSSR count). The first kappa shape index (κ1) is 14.8. The SMILES string of the molecule is CN(C)CCN(C)C.[Li][CH2]C=C. The molecule has 0 aromatic heterocycles. The summed E-state index contributed by atoms with van der Waals surface area (Å²) in [4.78, 5) is 4.36. The van der Waals surface area contributed by atoms with Crippen molar-refractivity contribution in [2.75, 3.05) is 41.3 Å². The maximum absolute atomic E-state index is 3.48. The third-order valence-electron chi connectivity index (χ3n) is 1.28. The summed E-state index contributed by atoms with van der Waals surface area (Å²) in [5, 5.41) is 1.08. The van der Waals surface area contributed by atoms with Gasteiger partial charge in [-0.05, 0) is 28.2 Å². The first-order chi connectivity index (χ1) is 5.54. The molecule has 68 valence electrons. The molecule has 0 spiro atoms. The average Bonchev–Trinajstić information content (AvgIpc) is 2.01. The van der Waals surface area contributed by atoms with Gasteiger partial charge in [0.1, 0.15) is 0 Å². The van der Waals surface area contributed by atoms with E-state index in [1.807, 2.05) is 6.08 Å². The molecule has 0 unspecified atom stereocenters. The van der Waals surface area contributed by atoms with Gasteiger partial charge in [-0.25, -0.2) is 0 Å². The van der Waals surface area contributed by atoms with Gasteiger partial charge in [0.15, 0.2) is 0 Å². The predicted octanol–water partition coefficient (Wildman–Crippen LogP) is 0.869. The van der Waals surface area contributed by atoms with E-state index in [9.17, 15) is 0 Å². The summed E-state index contributed by atoms with van der Waals surface area (Å²) in [6.07, 6.45) is 1.88. The summed E-state index contributed by atoms with van der Waals surface area (Å²) >= 11 is 2.06. The van der Waals surface area contributed by atoms with Crippen LogP contribution in [0.1, 0.15) is 0 Å². The van der Waals surface area contributed by atoms with E-state index in [0.717, 1.165) is 18.2 Å². The second-order valence-corrected chi connectivity index (χ2v) is 3.30. The zero-order valence-corrected chi connectivity index (χ0v) is 9.30. The van der Waals surface area contributed by atoms with E-state index in [1.165, 1.54) is 0 Å². The van der Waals surface area contributed by atoms with Crippen molar-refractivity contribution in [1.82, 2.24) is 9.80 Å². The summed E-state index contributed by atoms with van der Waals surface area (Å²) in [7, 11) is 8.35. The van der Waals surface area contributed by atoms with Gasteiger partial charge in [0.25, 0.3) is 0 Å². The fourth-order valence-corrected chi connectivity index (χ4v) is 0.400. The molecule has 0 saturated heterocycles. The second-order valence-electron chi connectivity index (χ2n) is 3.30. The number of rotatable bonds is 4. The molecule has 0 aliphatic rings. The second kappa shape index (κ2) is 11.3. The van der Waals surface area contributed by atoms with Crippen molar-refractivity contribution < 1.29 is 0 Å². The molecule has 0 atom stereocenters. The first-order valence-corrected chi connectivity index (χ1v) is 4.44. The summed E-state index contributed by atoms with van der Waals surface area (Å²) in [5.74, 6) is 0. The van der Waals surface area contributed by atoms with E-state index in [2.05, 4.69) is 62.3 Å². The van der Waals surface area contributed by atoms with Crippen LogP contribution in [-0.2, 0) is 0 Å². The van der Waals surface area contributed by atoms with E-state index in [1.54, 1.807) is 0 Å². The van der Waals surface area contributed by atoms with Gasteiger partial charge >= 0.3 is 35.5 Å². The van der Waals surface area contributed by atoms with E-state index in [0.29, 0.717) is 0 Å². The molecule has 0 fully saturated rings. The molecule has 2 nitrogen and oxygen atoms in total. The number of hydrogen-bond donors (Lipinski definition) is 0. The van der Waals surface area contributed by atoms with Crippen LogP contribution in [0.3, 0.4) is 0 Å². The first-order valence-electron chi connectivity index (χ1n) is 4.44. The molecule has 3 heteroatoms. The standard InChI is InChI=1S/C6H16N2.C3H5.Li/c1-7(2)5-6-8(3)4;1-3-2;/h5-6H2,1-4H3;3H,1-2H2;. The van der Waals surface area contributed by atoms with Crippen LogP contribution in [-0.4, -0.2) is 68.8 Å². The zero-order chi connectivity index (χ0) is 9.98.